The average molecular weight is 346 g/mol. The second-order valence-corrected chi connectivity index (χ2v) is 8.38. The number of nitrogens with zero attached hydrogens (tertiary/aromatic N) is 3. The molecule has 0 aromatic carbocycles. The molecule has 2 rings (SSSR count). The molecule has 1 aliphatic rings. The van der Waals surface area contributed by atoms with E-state index in [9.17, 15) is 4.79 Å². The van der Waals surface area contributed by atoms with Crippen LogP contribution in [0.5, 0.6) is 0 Å². The van der Waals surface area contributed by atoms with Crippen LogP contribution in [0.2, 0.25) is 0 Å². The van der Waals surface area contributed by atoms with Gasteiger partial charge in [0.15, 0.2) is 0 Å². The number of amides is 1. The SMILES string of the molecule is Cn1cc(CNCC2(C)CCCN(C(=O)OC(C)(C)C)C2)cc1C#N. The Morgan fingerprint density at radius 3 is 2.80 bits per heavy atom. The molecule has 6 nitrogen and oxygen atoms in total. The zero-order valence-electron chi connectivity index (χ0n) is 16.1. The number of nitrogens with one attached hydrogen (secondary N) is 1. The van der Waals surface area contributed by atoms with Crippen LogP contribution in [-0.2, 0) is 18.3 Å². The van der Waals surface area contributed by atoms with Crippen LogP contribution >= 0.6 is 0 Å². The first-order chi connectivity index (χ1) is 11.6. The highest BCUT2D eigenvalue weighted by atomic mass is 16.6. The minimum atomic E-state index is -0.463. The van der Waals surface area contributed by atoms with Crippen molar-refractivity contribution in [3.8, 4) is 6.07 Å². The predicted molar refractivity (Wildman–Crippen MR) is 97.0 cm³/mol. The fourth-order valence-electron chi connectivity index (χ4n) is 3.29. The van der Waals surface area contributed by atoms with Crippen molar-refractivity contribution in [3.05, 3.63) is 23.5 Å². The van der Waals surface area contributed by atoms with Crippen molar-refractivity contribution in [3.63, 3.8) is 0 Å². The quantitative estimate of drug-likeness (QED) is 0.910. The molecule has 2 heterocycles. The summed E-state index contributed by atoms with van der Waals surface area (Å²) in [7, 11) is 1.88. The number of aromatic nitrogens is 1. The molecule has 1 fully saturated rings. The van der Waals surface area contributed by atoms with Gasteiger partial charge in [0.2, 0.25) is 0 Å². The lowest BCUT2D eigenvalue weighted by molar-refractivity contribution is 0.00675. The second-order valence-electron chi connectivity index (χ2n) is 8.38. The van der Waals surface area contributed by atoms with E-state index in [2.05, 4.69) is 18.3 Å². The van der Waals surface area contributed by atoms with Crippen molar-refractivity contribution >= 4 is 6.09 Å². The van der Waals surface area contributed by atoms with E-state index in [0.29, 0.717) is 12.2 Å². The molecular weight excluding hydrogens is 316 g/mol. The van der Waals surface area contributed by atoms with E-state index in [1.807, 2.05) is 49.5 Å². The summed E-state index contributed by atoms with van der Waals surface area (Å²) in [4.78, 5) is 14.1. The van der Waals surface area contributed by atoms with Crippen LogP contribution < -0.4 is 5.32 Å². The van der Waals surface area contributed by atoms with E-state index >= 15 is 0 Å². The lowest BCUT2D eigenvalue weighted by atomic mass is 9.82. The minimum absolute atomic E-state index is 0.0298. The second kappa shape index (κ2) is 7.49. The Labute approximate surface area is 150 Å². The first kappa shape index (κ1) is 19.3. The third-order valence-corrected chi connectivity index (χ3v) is 4.49. The number of likely N-dealkylation sites (tertiary alicyclic amines) is 1. The third-order valence-electron chi connectivity index (χ3n) is 4.49. The predicted octanol–water partition coefficient (Wildman–Crippen LogP) is 3.02. The summed E-state index contributed by atoms with van der Waals surface area (Å²) in [5.41, 5.74) is 1.33. The fraction of sp³-hybridized carbons (Fsp3) is 0.684. The standard InChI is InChI=1S/C19H30N4O2/c1-18(2,3)25-17(24)23-8-6-7-19(4,14-23)13-21-11-15-9-16(10-20)22(5)12-15/h9,12,21H,6-8,11,13-14H2,1-5H3. The van der Waals surface area contributed by atoms with Crippen LogP contribution in [0.15, 0.2) is 12.3 Å². The largest absolute Gasteiger partial charge is 0.444 e. The minimum Gasteiger partial charge on any atom is -0.444 e. The van der Waals surface area contributed by atoms with Crippen molar-refractivity contribution in [1.82, 2.24) is 14.8 Å². The van der Waals surface area contributed by atoms with Crippen molar-refractivity contribution in [2.24, 2.45) is 12.5 Å². The summed E-state index contributed by atoms with van der Waals surface area (Å²) >= 11 is 0. The maximum atomic E-state index is 12.3. The van der Waals surface area contributed by atoms with Gasteiger partial charge in [-0.2, -0.15) is 5.26 Å². The van der Waals surface area contributed by atoms with Crippen LogP contribution in [0.25, 0.3) is 0 Å². The van der Waals surface area contributed by atoms with Crippen molar-refractivity contribution in [2.75, 3.05) is 19.6 Å². The molecule has 1 atom stereocenters. The molecule has 1 aliphatic heterocycles. The zero-order chi connectivity index (χ0) is 18.7. The van der Waals surface area contributed by atoms with E-state index < -0.39 is 5.60 Å². The van der Waals surface area contributed by atoms with Gasteiger partial charge in [-0.3, -0.25) is 0 Å². The molecule has 1 amide bonds. The molecular formula is C19H30N4O2. The Balaban J connectivity index is 1.87. The van der Waals surface area contributed by atoms with Crippen molar-refractivity contribution in [1.29, 1.82) is 5.26 Å². The van der Waals surface area contributed by atoms with Gasteiger partial charge >= 0.3 is 6.09 Å². The van der Waals surface area contributed by atoms with Crippen LogP contribution in [-0.4, -0.2) is 40.8 Å². The topological polar surface area (TPSA) is 70.3 Å². The first-order valence-electron chi connectivity index (χ1n) is 8.86. The van der Waals surface area contributed by atoms with E-state index in [4.69, 9.17) is 10.00 Å². The van der Waals surface area contributed by atoms with E-state index in [1.165, 1.54) is 0 Å². The maximum Gasteiger partial charge on any atom is 0.410 e. The zero-order valence-corrected chi connectivity index (χ0v) is 16.1. The smallest absolute Gasteiger partial charge is 0.410 e. The van der Waals surface area contributed by atoms with Gasteiger partial charge in [0.1, 0.15) is 17.4 Å². The lowest BCUT2D eigenvalue weighted by Crippen LogP contribution is -2.50. The number of aryl methyl sites for hydroxylation is 1. The van der Waals surface area contributed by atoms with Gasteiger partial charge in [-0.05, 0) is 50.7 Å². The lowest BCUT2D eigenvalue weighted by Gasteiger charge is -2.41. The number of carbonyl (C=O) groups is 1. The molecule has 0 bridgehead atoms. The molecule has 138 valence electrons. The Morgan fingerprint density at radius 2 is 2.20 bits per heavy atom. The van der Waals surface area contributed by atoms with Gasteiger partial charge in [-0.1, -0.05) is 6.92 Å². The van der Waals surface area contributed by atoms with Gasteiger partial charge in [0.25, 0.3) is 0 Å². The molecule has 1 aromatic heterocycles. The van der Waals surface area contributed by atoms with Gasteiger partial charge in [-0.15, -0.1) is 0 Å². The molecule has 0 aliphatic carbocycles. The number of rotatable bonds is 4. The molecule has 1 unspecified atom stereocenters. The highest BCUT2D eigenvalue weighted by Gasteiger charge is 2.34. The van der Waals surface area contributed by atoms with Gasteiger partial charge in [-0.25, -0.2) is 4.79 Å². The number of carbonyl (C=O) groups excluding carboxylic acids is 1. The summed E-state index contributed by atoms with van der Waals surface area (Å²) in [6, 6.07) is 4.08. The monoisotopic (exact) mass is 346 g/mol. The molecule has 1 N–H and O–H groups in total. The molecule has 1 aromatic rings. The number of piperidine rings is 1. The number of hydrogen-bond donors (Lipinski definition) is 1. The fourth-order valence-corrected chi connectivity index (χ4v) is 3.29. The van der Waals surface area contributed by atoms with Crippen LogP contribution in [0, 0.1) is 16.7 Å². The molecule has 6 heteroatoms. The maximum absolute atomic E-state index is 12.3. The molecule has 0 radical (unpaired) electrons. The summed E-state index contributed by atoms with van der Waals surface area (Å²) < 4.78 is 7.34. The van der Waals surface area contributed by atoms with Gasteiger partial charge < -0.3 is 19.5 Å². The Hall–Kier alpha value is -2.00. The number of nitriles is 1. The summed E-state index contributed by atoms with van der Waals surface area (Å²) in [5.74, 6) is 0. The van der Waals surface area contributed by atoms with E-state index in [-0.39, 0.29) is 11.5 Å². The third kappa shape index (κ3) is 5.50. The van der Waals surface area contributed by atoms with Crippen LogP contribution in [0.4, 0.5) is 4.79 Å². The number of hydrogen-bond acceptors (Lipinski definition) is 4. The Bertz CT molecular complexity index is 653. The Morgan fingerprint density at radius 1 is 1.48 bits per heavy atom. The number of ether oxygens (including phenoxy) is 1. The normalized spacial score (nSPS) is 21.0. The molecule has 1 saturated heterocycles. The van der Waals surface area contributed by atoms with E-state index in [1.54, 1.807) is 0 Å². The summed E-state index contributed by atoms with van der Waals surface area (Å²) in [6.45, 7) is 10.9. The van der Waals surface area contributed by atoms with Gasteiger partial charge in [0.05, 0.1) is 0 Å². The summed E-state index contributed by atoms with van der Waals surface area (Å²) in [5, 5.41) is 12.5. The van der Waals surface area contributed by atoms with Crippen molar-refractivity contribution in [2.45, 2.75) is 52.7 Å². The van der Waals surface area contributed by atoms with Crippen LogP contribution in [0.1, 0.15) is 51.8 Å². The molecule has 0 spiro atoms. The highest BCUT2D eigenvalue weighted by molar-refractivity contribution is 5.68. The van der Waals surface area contributed by atoms with Crippen LogP contribution in [0.3, 0.4) is 0 Å². The van der Waals surface area contributed by atoms with Crippen molar-refractivity contribution < 1.29 is 9.53 Å². The molecule has 25 heavy (non-hydrogen) atoms. The van der Waals surface area contributed by atoms with Gasteiger partial charge in [0, 0.05) is 39.4 Å². The first-order valence-corrected chi connectivity index (χ1v) is 8.86. The molecule has 0 saturated carbocycles. The Kier molecular flexibility index (Phi) is 5.79. The highest BCUT2D eigenvalue weighted by Crippen LogP contribution is 2.29. The van der Waals surface area contributed by atoms with E-state index in [0.717, 1.165) is 38.0 Å². The summed E-state index contributed by atoms with van der Waals surface area (Å²) in [6.07, 6.45) is 3.82. The average Bonchev–Trinajstić information content (AvgIpc) is 2.85.